The number of para-hydroxylation sites is 1. The van der Waals surface area contributed by atoms with Gasteiger partial charge in [-0.25, -0.2) is 4.98 Å². The molecule has 1 aromatic heterocycles. The molecule has 0 aliphatic heterocycles. The highest BCUT2D eigenvalue weighted by molar-refractivity contribution is 9.10. The van der Waals surface area contributed by atoms with Gasteiger partial charge in [-0.1, -0.05) is 48.0 Å². The van der Waals surface area contributed by atoms with Crippen molar-refractivity contribution >= 4 is 44.6 Å². The molecule has 37 heavy (non-hydrogen) atoms. The predicted octanol–water partition coefficient (Wildman–Crippen LogP) is 5.58. The van der Waals surface area contributed by atoms with Crippen LogP contribution in [0.5, 0.6) is 11.5 Å². The summed E-state index contributed by atoms with van der Waals surface area (Å²) in [4.78, 5) is 30.3. The zero-order valence-corrected chi connectivity index (χ0v) is 22.4. The minimum absolute atomic E-state index is 0.0326. The van der Waals surface area contributed by atoms with Crippen molar-refractivity contribution in [1.29, 1.82) is 0 Å². The van der Waals surface area contributed by atoms with Crippen molar-refractivity contribution in [1.82, 2.24) is 9.66 Å². The average Bonchev–Trinajstić information content (AvgIpc) is 2.91. The number of hydrogen-bond donors (Lipinski definition) is 1. The fraction of sp³-hybridized carbons (Fsp3) is 0.214. The van der Waals surface area contributed by atoms with E-state index in [1.807, 2.05) is 44.2 Å². The van der Waals surface area contributed by atoms with E-state index in [4.69, 9.17) is 14.5 Å². The van der Waals surface area contributed by atoms with E-state index in [-0.39, 0.29) is 24.0 Å². The lowest BCUT2D eigenvalue weighted by molar-refractivity contribution is -0.118. The highest BCUT2D eigenvalue weighted by Crippen LogP contribution is 2.28. The van der Waals surface area contributed by atoms with Crippen molar-refractivity contribution in [3.63, 3.8) is 0 Å². The summed E-state index contributed by atoms with van der Waals surface area (Å²) < 4.78 is 13.3. The summed E-state index contributed by atoms with van der Waals surface area (Å²) in [5.41, 5.74) is 1.77. The van der Waals surface area contributed by atoms with E-state index >= 15 is 0 Å². The molecule has 3 aromatic carbocycles. The zero-order chi connectivity index (χ0) is 26.4. The smallest absolute Gasteiger partial charge is 0.282 e. The molecule has 0 saturated heterocycles. The van der Waals surface area contributed by atoms with Crippen LogP contribution in [0.2, 0.25) is 0 Å². The molecule has 190 valence electrons. The maximum absolute atomic E-state index is 13.3. The third kappa shape index (κ3) is 6.24. The number of amides is 1. The maximum Gasteiger partial charge on any atom is 0.282 e. The van der Waals surface area contributed by atoms with E-state index in [0.717, 1.165) is 10.9 Å². The summed E-state index contributed by atoms with van der Waals surface area (Å²) in [5, 5.41) is 7.74. The second kappa shape index (κ2) is 11.8. The number of anilines is 1. The van der Waals surface area contributed by atoms with Crippen LogP contribution >= 0.6 is 15.9 Å². The van der Waals surface area contributed by atoms with Crippen molar-refractivity contribution in [3.05, 3.63) is 92.9 Å². The summed E-state index contributed by atoms with van der Waals surface area (Å²) in [7, 11) is 1.52. The topological polar surface area (TPSA) is 94.8 Å². The Labute approximate surface area is 223 Å². The molecule has 0 radical (unpaired) electrons. The predicted molar refractivity (Wildman–Crippen MR) is 149 cm³/mol. The molecule has 0 aliphatic carbocycles. The number of hydrogen-bond acceptors (Lipinski definition) is 6. The van der Waals surface area contributed by atoms with Crippen molar-refractivity contribution < 1.29 is 14.3 Å². The quantitative estimate of drug-likeness (QED) is 0.269. The fourth-order valence-corrected chi connectivity index (χ4v) is 4.01. The Morgan fingerprint density at radius 2 is 1.92 bits per heavy atom. The molecular formula is C28H27BrN4O4. The number of aromatic nitrogens is 2. The van der Waals surface area contributed by atoms with Crippen LogP contribution in [0.3, 0.4) is 0 Å². The molecule has 0 fully saturated rings. The molecule has 0 aliphatic rings. The number of nitrogens with one attached hydrogen (secondary N) is 1. The molecule has 4 rings (SSSR count). The van der Waals surface area contributed by atoms with Gasteiger partial charge in [0.25, 0.3) is 11.5 Å². The van der Waals surface area contributed by atoms with Gasteiger partial charge in [0.1, 0.15) is 5.82 Å². The highest BCUT2D eigenvalue weighted by Gasteiger charge is 2.16. The Bertz CT molecular complexity index is 1500. The summed E-state index contributed by atoms with van der Waals surface area (Å²) in [6.07, 6.45) is 2.38. The van der Waals surface area contributed by atoms with Gasteiger partial charge in [-0.15, -0.1) is 0 Å². The molecule has 1 N–H and O–H groups in total. The zero-order valence-electron chi connectivity index (χ0n) is 20.8. The number of methoxy groups -OCH3 is 1. The molecule has 1 amide bonds. The maximum atomic E-state index is 13.3. The minimum atomic E-state index is -0.286. The van der Waals surface area contributed by atoms with Crippen molar-refractivity contribution in [2.45, 2.75) is 26.2 Å². The molecule has 0 unspecified atom stereocenters. The molecule has 4 aromatic rings. The first-order valence-electron chi connectivity index (χ1n) is 11.8. The lowest BCUT2D eigenvalue weighted by Crippen LogP contribution is -2.23. The van der Waals surface area contributed by atoms with Gasteiger partial charge in [0.2, 0.25) is 0 Å². The Kier molecular flexibility index (Phi) is 8.35. The lowest BCUT2D eigenvalue weighted by atomic mass is 10.1. The monoisotopic (exact) mass is 562 g/mol. The fourth-order valence-electron chi connectivity index (χ4n) is 3.65. The number of carbonyl (C=O) groups is 1. The van der Waals surface area contributed by atoms with E-state index in [0.29, 0.717) is 39.5 Å². The van der Waals surface area contributed by atoms with E-state index in [1.54, 1.807) is 42.6 Å². The van der Waals surface area contributed by atoms with Crippen molar-refractivity contribution in [2.75, 3.05) is 19.0 Å². The van der Waals surface area contributed by atoms with Gasteiger partial charge >= 0.3 is 0 Å². The largest absolute Gasteiger partial charge is 0.493 e. The standard InChI is InChI=1S/C28H27BrN4O4/c1-4-18(2)27-32-23-12-11-20(29)15-22(23)28(35)33(27)30-16-19-10-13-24(25(14-19)36-3)37-17-26(34)31-21-8-6-5-7-9-21/h5-16,18H,4,17H2,1-3H3,(H,31,34)/t18-/m0/s1. The lowest BCUT2D eigenvalue weighted by Gasteiger charge is -2.14. The first-order valence-corrected chi connectivity index (χ1v) is 12.6. The highest BCUT2D eigenvalue weighted by atomic mass is 79.9. The number of nitrogens with zero attached hydrogens (tertiary/aromatic N) is 3. The number of rotatable bonds is 9. The van der Waals surface area contributed by atoms with Crippen molar-refractivity contribution in [2.24, 2.45) is 5.10 Å². The minimum Gasteiger partial charge on any atom is -0.493 e. The Balaban J connectivity index is 1.57. The van der Waals surface area contributed by atoms with Crippen LogP contribution in [-0.2, 0) is 4.79 Å². The van der Waals surface area contributed by atoms with Gasteiger partial charge in [-0.2, -0.15) is 9.78 Å². The first kappa shape index (κ1) is 26.1. The first-order chi connectivity index (χ1) is 17.9. The number of halogens is 1. The molecular weight excluding hydrogens is 536 g/mol. The summed E-state index contributed by atoms with van der Waals surface area (Å²) >= 11 is 3.42. The number of fused-ring (bicyclic) bond motifs is 1. The van der Waals surface area contributed by atoms with Crippen LogP contribution in [-0.4, -0.2) is 35.5 Å². The number of benzene rings is 3. The van der Waals surface area contributed by atoms with Gasteiger partial charge in [0.05, 0.1) is 24.2 Å². The van der Waals surface area contributed by atoms with E-state index < -0.39 is 0 Å². The van der Waals surface area contributed by atoms with Gasteiger partial charge in [0, 0.05) is 16.1 Å². The normalized spacial score (nSPS) is 12.0. The summed E-state index contributed by atoms with van der Waals surface area (Å²) in [5.74, 6) is 1.19. The second-order valence-corrected chi connectivity index (χ2v) is 9.33. The third-order valence-corrected chi connectivity index (χ3v) is 6.31. The SMILES string of the molecule is CC[C@H](C)c1nc2ccc(Br)cc2c(=O)n1N=Cc1ccc(OCC(=O)Nc2ccccc2)c(OC)c1. The van der Waals surface area contributed by atoms with Gasteiger partial charge in [-0.05, 0) is 60.5 Å². The van der Waals surface area contributed by atoms with Gasteiger partial charge in [0.15, 0.2) is 18.1 Å². The van der Waals surface area contributed by atoms with Crippen LogP contribution in [0.4, 0.5) is 5.69 Å². The second-order valence-electron chi connectivity index (χ2n) is 8.42. The Morgan fingerprint density at radius 1 is 1.14 bits per heavy atom. The molecule has 1 atom stereocenters. The molecule has 0 saturated carbocycles. The molecule has 0 bridgehead atoms. The Hall–Kier alpha value is -3.98. The Morgan fingerprint density at radius 3 is 2.65 bits per heavy atom. The molecule has 0 spiro atoms. The van der Waals surface area contributed by atoms with Crippen molar-refractivity contribution in [3.8, 4) is 11.5 Å². The van der Waals surface area contributed by atoms with E-state index in [9.17, 15) is 9.59 Å². The van der Waals surface area contributed by atoms with Gasteiger partial charge < -0.3 is 14.8 Å². The molecule has 1 heterocycles. The van der Waals surface area contributed by atoms with E-state index in [2.05, 4.69) is 26.3 Å². The number of carbonyl (C=O) groups excluding carboxylic acids is 1. The molecule has 9 heteroatoms. The van der Waals surface area contributed by atoms with Crippen LogP contribution < -0.4 is 20.3 Å². The van der Waals surface area contributed by atoms with Crippen LogP contribution in [0.15, 0.2) is 81.1 Å². The average molecular weight is 563 g/mol. The van der Waals surface area contributed by atoms with Crippen LogP contribution in [0, 0.1) is 0 Å². The third-order valence-electron chi connectivity index (χ3n) is 5.81. The summed E-state index contributed by atoms with van der Waals surface area (Å²) in [6.45, 7) is 3.88. The van der Waals surface area contributed by atoms with Crippen LogP contribution in [0.25, 0.3) is 10.9 Å². The van der Waals surface area contributed by atoms with Gasteiger partial charge in [-0.3, -0.25) is 9.59 Å². The van der Waals surface area contributed by atoms with Crippen LogP contribution in [0.1, 0.15) is 37.6 Å². The van der Waals surface area contributed by atoms with E-state index in [1.165, 1.54) is 11.8 Å². The molecule has 8 nitrogen and oxygen atoms in total. The number of ether oxygens (including phenoxy) is 2. The summed E-state index contributed by atoms with van der Waals surface area (Å²) in [6, 6.07) is 19.8.